The standard InChI is InChI=1S/C25H31Cl2N3O2/c1-17-12-20(4-8-28-17)25(32)29-10-6-22(7-11-29)30-9-5-19(21(15-30)16-31)13-18-2-3-23(26)24(27)14-18/h2-4,8,12,14,19,21-22,31H,5-7,9-11,13,15-16H2,1H3/t19-,21+/m1/s1. The first kappa shape index (κ1) is 23.5. The minimum absolute atomic E-state index is 0.0996. The van der Waals surface area contributed by atoms with E-state index in [1.807, 2.05) is 36.1 Å². The fourth-order valence-corrected chi connectivity index (χ4v) is 5.50. The zero-order valence-electron chi connectivity index (χ0n) is 18.5. The van der Waals surface area contributed by atoms with Gasteiger partial charge in [0.15, 0.2) is 0 Å². The van der Waals surface area contributed by atoms with E-state index in [1.54, 1.807) is 12.3 Å². The molecule has 0 radical (unpaired) electrons. The molecule has 7 heteroatoms. The summed E-state index contributed by atoms with van der Waals surface area (Å²) in [5.74, 6) is 0.783. The van der Waals surface area contributed by atoms with Crippen LogP contribution in [0.4, 0.5) is 0 Å². The van der Waals surface area contributed by atoms with Crippen LogP contribution in [0, 0.1) is 18.8 Å². The molecule has 0 unspecified atom stereocenters. The van der Waals surface area contributed by atoms with E-state index in [0.29, 0.717) is 22.0 Å². The van der Waals surface area contributed by atoms with Crippen molar-refractivity contribution in [3.8, 4) is 0 Å². The third-order valence-corrected chi connectivity index (χ3v) is 7.79. The van der Waals surface area contributed by atoms with Crippen LogP contribution in [0.3, 0.4) is 0 Å². The maximum absolute atomic E-state index is 12.8. The van der Waals surface area contributed by atoms with Crippen LogP contribution in [-0.4, -0.2) is 64.6 Å². The number of amides is 1. The van der Waals surface area contributed by atoms with E-state index < -0.39 is 0 Å². The van der Waals surface area contributed by atoms with Gasteiger partial charge in [-0.05, 0) is 80.8 Å². The SMILES string of the molecule is Cc1cc(C(=O)N2CCC(N3CC[C@H](Cc4ccc(Cl)c(Cl)c4)[C@H](CO)C3)CC2)ccn1. The number of benzene rings is 1. The van der Waals surface area contributed by atoms with Crippen LogP contribution in [0.5, 0.6) is 0 Å². The van der Waals surface area contributed by atoms with Crippen LogP contribution >= 0.6 is 23.2 Å². The highest BCUT2D eigenvalue weighted by Crippen LogP contribution is 2.32. The third-order valence-electron chi connectivity index (χ3n) is 7.05. The molecule has 2 atom stereocenters. The zero-order valence-corrected chi connectivity index (χ0v) is 20.0. The Hall–Kier alpha value is -1.66. The molecule has 1 aromatic heterocycles. The molecule has 0 bridgehead atoms. The Labute approximate surface area is 200 Å². The second-order valence-corrected chi connectivity index (χ2v) is 9.96. The Morgan fingerprint density at radius 2 is 1.84 bits per heavy atom. The molecule has 2 aliphatic heterocycles. The molecule has 1 amide bonds. The van der Waals surface area contributed by atoms with Crippen molar-refractivity contribution in [1.29, 1.82) is 0 Å². The summed E-state index contributed by atoms with van der Waals surface area (Å²) >= 11 is 12.2. The lowest BCUT2D eigenvalue weighted by Gasteiger charge is -2.44. The number of carbonyl (C=O) groups is 1. The normalized spacial score (nSPS) is 22.8. The predicted octanol–water partition coefficient (Wildman–Crippen LogP) is 4.47. The molecule has 3 heterocycles. The molecule has 1 N–H and O–H groups in total. The number of nitrogens with zero attached hydrogens (tertiary/aromatic N) is 3. The number of pyridine rings is 1. The number of aromatic nitrogens is 1. The van der Waals surface area contributed by atoms with Crippen molar-refractivity contribution >= 4 is 29.1 Å². The second-order valence-electron chi connectivity index (χ2n) is 9.15. The molecule has 32 heavy (non-hydrogen) atoms. The number of likely N-dealkylation sites (tertiary alicyclic amines) is 2. The smallest absolute Gasteiger partial charge is 0.253 e. The molecule has 172 valence electrons. The summed E-state index contributed by atoms with van der Waals surface area (Å²) < 4.78 is 0. The summed E-state index contributed by atoms with van der Waals surface area (Å²) in [7, 11) is 0. The molecule has 0 aliphatic carbocycles. The highest BCUT2D eigenvalue weighted by Gasteiger charge is 2.34. The highest BCUT2D eigenvalue weighted by atomic mass is 35.5. The first-order valence-electron chi connectivity index (χ1n) is 11.5. The number of halogens is 2. The molecule has 1 aromatic carbocycles. The quantitative estimate of drug-likeness (QED) is 0.692. The van der Waals surface area contributed by atoms with E-state index in [2.05, 4.69) is 9.88 Å². The summed E-state index contributed by atoms with van der Waals surface area (Å²) in [6.07, 6.45) is 5.62. The van der Waals surface area contributed by atoms with Gasteiger partial charge in [-0.3, -0.25) is 14.7 Å². The van der Waals surface area contributed by atoms with Crippen molar-refractivity contribution in [2.75, 3.05) is 32.8 Å². The van der Waals surface area contributed by atoms with Crippen LogP contribution < -0.4 is 0 Å². The molecule has 4 rings (SSSR count). The van der Waals surface area contributed by atoms with Crippen molar-refractivity contribution in [2.24, 2.45) is 11.8 Å². The van der Waals surface area contributed by atoms with E-state index in [4.69, 9.17) is 23.2 Å². The molecule has 2 aliphatic rings. The Kier molecular flexibility index (Phi) is 7.72. The van der Waals surface area contributed by atoms with E-state index >= 15 is 0 Å². The summed E-state index contributed by atoms with van der Waals surface area (Å²) in [6, 6.07) is 9.96. The zero-order chi connectivity index (χ0) is 22.7. The van der Waals surface area contributed by atoms with Gasteiger partial charge in [-0.1, -0.05) is 29.3 Å². The third kappa shape index (κ3) is 5.45. The fraction of sp³-hybridized carbons (Fsp3) is 0.520. The average Bonchev–Trinajstić information content (AvgIpc) is 2.81. The van der Waals surface area contributed by atoms with Crippen LogP contribution in [-0.2, 0) is 6.42 Å². The molecule has 0 spiro atoms. The Bertz CT molecular complexity index is 947. The number of carbonyl (C=O) groups excluding carboxylic acids is 1. The van der Waals surface area contributed by atoms with Gasteiger partial charge in [-0.25, -0.2) is 0 Å². The molecule has 0 saturated carbocycles. The molecule has 5 nitrogen and oxygen atoms in total. The van der Waals surface area contributed by atoms with Gasteiger partial charge in [0.1, 0.15) is 0 Å². The minimum atomic E-state index is 0.0996. The number of aliphatic hydroxyl groups is 1. The highest BCUT2D eigenvalue weighted by molar-refractivity contribution is 6.42. The largest absolute Gasteiger partial charge is 0.396 e. The van der Waals surface area contributed by atoms with Crippen LogP contribution in [0.2, 0.25) is 10.0 Å². The average molecular weight is 476 g/mol. The Balaban J connectivity index is 1.31. The number of aliphatic hydroxyl groups excluding tert-OH is 1. The predicted molar refractivity (Wildman–Crippen MR) is 128 cm³/mol. The van der Waals surface area contributed by atoms with Crippen LogP contribution in [0.1, 0.15) is 40.9 Å². The Morgan fingerprint density at radius 3 is 2.53 bits per heavy atom. The minimum Gasteiger partial charge on any atom is -0.396 e. The second kappa shape index (κ2) is 10.5. The van der Waals surface area contributed by atoms with Crippen molar-refractivity contribution in [2.45, 2.75) is 38.6 Å². The van der Waals surface area contributed by atoms with Crippen molar-refractivity contribution in [3.63, 3.8) is 0 Å². The van der Waals surface area contributed by atoms with Crippen molar-refractivity contribution < 1.29 is 9.90 Å². The van der Waals surface area contributed by atoms with Gasteiger partial charge in [-0.15, -0.1) is 0 Å². The summed E-state index contributed by atoms with van der Waals surface area (Å²) in [6.45, 7) is 5.60. The molecule has 2 aromatic rings. The first-order valence-corrected chi connectivity index (χ1v) is 12.2. The maximum atomic E-state index is 12.8. The van der Waals surface area contributed by atoms with E-state index in [9.17, 15) is 9.90 Å². The number of hydrogen-bond acceptors (Lipinski definition) is 4. The lowest BCUT2D eigenvalue weighted by Crippen LogP contribution is -2.52. The summed E-state index contributed by atoms with van der Waals surface area (Å²) in [5.41, 5.74) is 2.76. The van der Waals surface area contributed by atoms with Gasteiger partial charge in [-0.2, -0.15) is 0 Å². The first-order chi connectivity index (χ1) is 15.4. The lowest BCUT2D eigenvalue weighted by molar-refractivity contribution is 0.0242. The van der Waals surface area contributed by atoms with E-state index in [0.717, 1.165) is 63.1 Å². The summed E-state index contributed by atoms with van der Waals surface area (Å²) in [5, 5.41) is 11.3. The van der Waals surface area contributed by atoms with Gasteiger partial charge >= 0.3 is 0 Å². The van der Waals surface area contributed by atoms with Gasteiger partial charge in [0.25, 0.3) is 5.91 Å². The van der Waals surface area contributed by atoms with Gasteiger partial charge < -0.3 is 10.0 Å². The van der Waals surface area contributed by atoms with Gasteiger partial charge in [0, 0.05) is 49.7 Å². The number of hydrogen-bond donors (Lipinski definition) is 1. The summed E-state index contributed by atoms with van der Waals surface area (Å²) in [4.78, 5) is 21.5. The fourth-order valence-electron chi connectivity index (χ4n) is 5.18. The molecular formula is C25H31Cl2N3O2. The molecule has 2 saturated heterocycles. The Morgan fingerprint density at radius 1 is 1.06 bits per heavy atom. The van der Waals surface area contributed by atoms with E-state index in [-0.39, 0.29) is 18.4 Å². The van der Waals surface area contributed by atoms with Crippen LogP contribution in [0.25, 0.3) is 0 Å². The molecule has 2 fully saturated rings. The van der Waals surface area contributed by atoms with E-state index in [1.165, 1.54) is 5.56 Å². The van der Waals surface area contributed by atoms with Gasteiger partial charge in [0.2, 0.25) is 0 Å². The monoisotopic (exact) mass is 475 g/mol. The topological polar surface area (TPSA) is 56.7 Å². The number of piperidine rings is 2. The van der Waals surface area contributed by atoms with Crippen molar-refractivity contribution in [1.82, 2.24) is 14.8 Å². The maximum Gasteiger partial charge on any atom is 0.253 e. The van der Waals surface area contributed by atoms with Crippen molar-refractivity contribution in [3.05, 3.63) is 63.4 Å². The lowest BCUT2D eigenvalue weighted by atomic mass is 9.80. The number of rotatable bonds is 5. The number of aryl methyl sites for hydroxylation is 1. The van der Waals surface area contributed by atoms with Crippen LogP contribution in [0.15, 0.2) is 36.5 Å². The molecular weight excluding hydrogens is 445 g/mol. The van der Waals surface area contributed by atoms with Gasteiger partial charge in [0.05, 0.1) is 10.0 Å².